The highest BCUT2D eigenvalue weighted by molar-refractivity contribution is 5.84. The van der Waals surface area contributed by atoms with Crippen LogP contribution in [0.2, 0.25) is 0 Å². The van der Waals surface area contributed by atoms with E-state index >= 15 is 0 Å². The van der Waals surface area contributed by atoms with Gasteiger partial charge in [0.05, 0.1) is 0 Å². The number of hydrogen-bond acceptors (Lipinski definition) is 2. The second kappa shape index (κ2) is 6.54. The quantitative estimate of drug-likeness (QED) is 0.585. The van der Waals surface area contributed by atoms with Crippen molar-refractivity contribution in [2.24, 2.45) is 0 Å². The van der Waals surface area contributed by atoms with Crippen molar-refractivity contribution >= 4 is 11.9 Å². The Morgan fingerprint density at radius 3 is 1.55 bits per heavy atom. The molecule has 0 aromatic heterocycles. The summed E-state index contributed by atoms with van der Waals surface area (Å²) in [4.78, 5) is 18.8. The Hall–Kier alpha value is -1.58. The van der Waals surface area contributed by atoms with Crippen LogP contribution in [-0.4, -0.2) is 22.2 Å². The predicted molar refractivity (Wildman–Crippen MR) is 40.3 cm³/mol. The van der Waals surface area contributed by atoms with Crippen LogP contribution >= 0.6 is 0 Å². The lowest BCUT2D eigenvalue weighted by molar-refractivity contribution is -0.133. The first-order valence-electron chi connectivity index (χ1n) is 2.66. The average Bonchev–Trinajstić information content (AvgIpc) is 1.89. The molecule has 0 atom stereocenters. The van der Waals surface area contributed by atoms with Crippen molar-refractivity contribution in [3.63, 3.8) is 0 Å². The third-order valence-corrected chi connectivity index (χ3v) is 0.540. The minimum absolute atomic E-state index is 0.176. The lowest BCUT2D eigenvalue weighted by Crippen LogP contribution is -1.92. The lowest BCUT2D eigenvalue weighted by atomic mass is 10.4. The average molecular weight is 158 g/mol. The molecule has 0 amide bonds. The summed E-state index contributed by atoms with van der Waals surface area (Å²) < 4.78 is 0. The van der Waals surface area contributed by atoms with Gasteiger partial charge in [-0.2, -0.15) is 0 Å². The van der Waals surface area contributed by atoms with Crippen LogP contribution in [0.1, 0.15) is 6.92 Å². The summed E-state index contributed by atoms with van der Waals surface area (Å²) in [5.74, 6) is -1.92. The molecule has 0 aliphatic carbocycles. The Bertz CT molecular complexity index is 169. The smallest absolute Gasteiger partial charge is 0.330 e. The number of aliphatic carboxylic acids is 2. The molecule has 0 rings (SSSR count). The molecule has 0 heterocycles. The predicted octanol–water partition coefficient (Wildman–Crippen LogP) is 0.904. The molecule has 0 aliphatic heterocycles. The van der Waals surface area contributed by atoms with Gasteiger partial charge < -0.3 is 10.2 Å². The van der Waals surface area contributed by atoms with Crippen molar-refractivity contribution in [3.05, 3.63) is 24.8 Å². The molecule has 11 heavy (non-hydrogen) atoms. The molecule has 4 heteroatoms. The van der Waals surface area contributed by atoms with Gasteiger partial charge in [-0.3, -0.25) is 0 Å². The second-order valence-electron chi connectivity index (χ2n) is 1.63. The van der Waals surface area contributed by atoms with Crippen LogP contribution in [0.25, 0.3) is 0 Å². The fourth-order valence-electron chi connectivity index (χ4n) is 0. The summed E-state index contributed by atoms with van der Waals surface area (Å²) in [5.41, 5.74) is 0.176. The van der Waals surface area contributed by atoms with E-state index in [1.807, 2.05) is 0 Å². The van der Waals surface area contributed by atoms with Gasteiger partial charge in [-0.15, -0.1) is 0 Å². The molecule has 2 N–H and O–H groups in total. The van der Waals surface area contributed by atoms with Gasteiger partial charge in [0.15, 0.2) is 0 Å². The molecule has 0 aliphatic rings. The van der Waals surface area contributed by atoms with Crippen molar-refractivity contribution in [2.45, 2.75) is 6.92 Å². The van der Waals surface area contributed by atoms with Gasteiger partial charge in [0.2, 0.25) is 0 Å². The van der Waals surface area contributed by atoms with Crippen LogP contribution in [0.4, 0.5) is 0 Å². The molecule has 0 bridgehead atoms. The first-order chi connectivity index (χ1) is 4.91. The number of carboxylic acids is 2. The number of hydrogen-bond donors (Lipinski definition) is 2. The molecular weight excluding hydrogens is 148 g/mol. The minimum atomic E-state index is -0.981. The summed E-state index contributed by atoms with van der Waals surface area (Å²) in [6.07, 6.45) is 0.833. The van der Waals surface area contributed by atoms with Gasteiger partial charge >= 0.3 is 11.9 Å². The van der Waals surface area contributed by atoms with Crippen molar-refractivity contribution in [2.75, 3.05) is 0 Å². The maximum Gasteiger partial charge on any atom is 0.330 e. The molecule has 0 saturated heterocycles. The van der Waals surface area contributed by atoms with Gasteiger partial charge in [-0.05, 0) is 6.92 Å². The Labute approximate surface area is 64.5 Å². The summed E-state index contributed by atoms with van der Waals surface area (Å²) in [5, 5.41) is 15.5. The van der Waals surface area contributed by atoms with E-state index < -0.39 is 11.9 Å². The first-order valence-corrected chi connectivity index (χ1v) is 2.66. The van der Waals surface area contributed by atoms with E-state index in [1.165, 1.54) is 6.92 Å². The zero-order chi connectivity index (χ0) is 9.44. The van der Waals surface area contributed by atoms with E-state index in [4.69, 9.17) is 10.2 Å². The summed E-state index contributed by atoms with van der Waals surface area (Å²) in [6, 6.07) is 0. The van der Waals surface area contributed by atoms with Crippen LogP contribution in [-0.2, 0) is 9.59 Å². The number of rotatable bonds is 2. The Morgan fingerprint density at radius 1 is 1.36 bits per heavy atom. The Morgan fingerprint density at radius 2 is 1.55 bits per heavy atom. The maximum atomic E-state index is 9.60. The molecule has 0 saturated carbocycles. The largest absolute Gasteiger partial charge is 0.478 e. The van der Waals surface area contributed by atoms with Crippen LogP contribution in [0.15, 0.2) is 24.8 Å². The van der Waals surface area contributed by atoms with E-state index in [9.17, 15) is 9.59 Å². The summed E-state index contributed by atoms with van der Waals surface area (Å²) >= 11 is 0. The van der Waals surface area contributed by atoms with Crippen molar-refractivity contribution in [1.82, 2.24) is 0 Å². The Kier molecular flexibility index (Phi) is 7.21. The first kappa shape index (κ1) is 12.1. The molecule has 0 fully saturated rings. The topological polar surface area (TPSA) is 74.6 Å². The van der Waals surface area contributed by atoms with E-state index in [0.717, 1.165) is 6.08 Å². The highest BCUT2D eigenvalue weighted by atomic mass is 16.4. The van der Waals surface area contributed by atoms with Crippen molar-refractivity contribution < 1.29 is 19.8 Å². The van der Waals surface area contributed by atoms with E-state index in [0.29, 0.717) is 0 Å². The zero-order valence-electron chi connectivity index (χ0n) is 6.20. The summed E-state index contributed by atoms with van der Waals surface area (Å²) in [7, 11) is 0. The molecule has 0 radical (unpaired) electrons. The van der Waals surface area contributed by atoms with E-state index in [2.05, 4.69) is 13.2 Å². The molecular formula is C7H10O4. The van der Waals surface area contributed by atoms with E-state index in [-0.39, 0.29) is 5.57 Å². The molecule has 4 nitrogen and oxygen atoms in total. The van der Waals surface area contributed by atoms with Crippen LogP contribution < -0.4 is 0 Å². The fraction of sp³-hybridized carbons (Fsp3) is 0.143. The third-order valence-electron chi connectivity index (χ3n) is 0.540. The number of carbonyl (C=O) groups is 2. The SMILES string of the molecule is C=C(C)C(=O)O.C=CC(=O)O. The summed E-state index contributed by atoms with van der Waals surface area (Å²) in [6.45, 7) is 7.56. The number of carboxylic acid groups (broad SMARTS) is 2. The van der Waals surface area contributed by atoms with Crippen LogP contribution in [0.3, 0.4) is 0 Å². The standard InChI is InChI=1S/C4H6O2.C3H4O2/c1-3(2)4(5)6;1-2-3(4)5/h1H2,2H3,(H,5,6);2H,1H2,(H,4,5). The molecule has 0 unspecified atom stereocenters. The minimum Gasteiger partial charge on any atom is -0.478 e. The van der Waals surface area contributed by atoms with Gasteiger partial charge in [0, 0.05) is 11.6 Å². The van der Waals surface area contributed by atoms with Crippen molar-refractivity contribution in [3.8, 4) is 0 Å². The van der Waals surface area contributed by atoms with Crippen molar-refractivity contribution in [1.29, 1.82) is 0 Å². The fourth-order valence-corrected chi connectivity index (χ4v) is 0. The monoisotopic (exact) mass is 158 g/mol. The second-order valence-corrected chi connectivity index (χ2v) is 1.63. The van der Waals surface area contributed by atoms with Gasteiger partial charge in [-0.1, -0.05) is 13.2 Å². The van der Waals surface area contributed by atoms with Crippen LogP contribution in [0, 0.1) is 0 Å². The highest BCUT2D eigenvalue weighted by Crippen LogP contribution is 1.81. The maximum absolute atomic E-state index is 9.60. The molecule has 0 spiro atoms. The third kappa shape index (κ3) is 17.8. The van der Waals surface area contributed by atoms with Gasteiger partial charge in [0.25, 0.3) is 0 Å². The normalized spacial score (nSPS) is 7.00. The lowest BCUT2D eigenvalue weighted by Gasteiger charge is -1.79. The van der Waals surface area contributed by atoms with E-state index in [1.54, 1.807) is 0 Å². The van der Waals surface area contributed by atoms with Gasteiger partial charge in [-0.25, -0.2) is 9.59 Å². The molecule has 0 aromatic rings. The van der Waals surface area contributed by atoms with Crippen LogP contribution in [0.5, 0.6) is 0 Å². The van der Waals surface area contributed by atoms with Gasteiger partial charge in [0.1, 0.15) is 0 Å². The molecule has 0 aromatic carbocycles. The zero-order valence-corrected chi connectivity index (χ0v) is 6.20. The Balaban J connectivity index is 0. The molecule has 62 valence electrons. The highest BCUT2D eigenvalue weighted by Gasteiger charge is 1.90.